The Balaban J connectivity index is 1.30. The van der Waals surface area contributed by atoms with Crippen LogP contribution >= 0.6 is 0 Å². The molecular weight excluding hydrogens is 517 g/mol. The molecule has 1 heterocycles. The van der Waals surface area contributed by atoms with E-state index in [0.29, 0.717) is 51.1 Å². The second kappa shape index (κ2) is 12.7. The van der Waals surface area contributed by atoms with Crippen LogP contribution in [-0.2, 0) is 16.1 Å². The summed E-state index contributed by atoms with van der Waals surface area (Å²) in [6.07, 6.45) is 1.73. The van der Waals surface area contributed by atoms with Crippen molar-refractivity contribution in [2.45, 2.75) is 58.2 Å². The Bertz CT molecular complexity index is 1250. The van der Waals surface area contributed by atoms with Gasteiger partial charge in [0, 0.05) is 50.9 Å². The molecule has 2 aromatic rings. The number of amides is 2. The van der Waals surface area contributed by atoms with E-state index in [2.05, 4.69) is 15.7 Å². The molecule has 216 valence electrons. The van der Waals surface area contributed by atoms with Crippen LogP contribution in [0.25, 0.3) is 0 Å². The van der Waals surface area contributed by atoms with Crippen LogP contribution in [0, 0.1) is 18.7 Å². The first-order chi connectivity index (χ1) is 19.1. The molecule has 1 N–H and O–H groups in total. The quantitative estimate of drug-likeness (QED) is 0.494. The first-order valence-electron chi connectivity index (χ1n) is 13.7. The fraction of sp³-hybridized carbons (Fsp3) is 0.500. The lowest BCUT2D eigenvalue weighted by molar-refractivity contribution is -0.123. The number of piperazine rings is 1. The first kappa shape index (κ1) is 29.3. The maximum absolute atomic E-state index is 13.9. The predicted octanol–water partition coefficient (Wildman–Crippen LogP) is 4.71. The SMILES string of the molecule is COC(=O)c1cc(O[C@H]2CC[C@H](C(=O)N(C)c3ccc(CN4CCN(C(=O)O)[C@@H](C)C4)c(C)c3)CC2)ccc1F. The molecule has 0 unspecified atom stereocenters. The Hall–Kier alpha value is -3.66. The summed E-state index contributed by atoms with van der Waals surface area (Å²) < 4.78 is 24.5. The zero-order valence-corrected chi connectivity index (χ0v) is 23.6. The van der Waals surface area contributed by atoms with Crippen LogP contribution in [0.1, 0.15) is 54.1 Å². The van der Waals surface area contributed by atoms with Crippen LogP contribution in [0.2, 0.25) is 0 Å². The number of benzene rings is 2. The summed E-state index contributed by atoms with van der Waals surface area (Å²) in [7, 11) is 3.01. The Morgan fingerprint density at radius 2 is 1.80 bits per heavy atom. The van der Waals surface area contributed by atoms with Crippen molar-refractivity contribution in [1.29, 1.82) is 0 Å². The number of ether oxygens (including phenoxy) is 2. The molecule has 1 saturated carbocycles. The van der Waals surface area contributed by atoms with E-state index < -0.39 is 17.9 Å². The van der Waals surface area contributed by atoms with E-state index in [-0.39, 0.29) is 29.5 Å². The number of nitrogens with zero attached hydrogens (tertiary/aromatic N) is 3. The van der Waals surface area contributed by atoms with Gasteiger partial charge in [-0.2, -0.15) is 0 Å². The lowest BCUT2D eigenvalue weighted by atomic mass is 9.86. The fourth-order valence-corrected chi connectivity index (χ4v) is 5.63. The topological polar surface area (TPSA) is 99.6 Å². The summed E-state index contributed by atoms with van der Waals surface area (Å²) in [5, 5.41) is 9.31. The minimum Gasteiger partial charge on any atom is -0.490 e. The molecule has 0 aromatic heterocycles. The molecule has 40 heavy (non-hydrogen) atoms. The van der Waals surface area contributed by atoms with E-state index in [1.807, 2.05) is 26.0 Å². The second-order valence-corrected chi connectivity index (χ2v) is 10.8. The van der Waals surface area contributed by atoms with E-state index in [1.165, 1.54) is 30.2 Å². The summed E-state index contributed by atoms with van der Waals surface area (Å²) in [6.45, 7) is 6.58. The van der Waals surface area contributed by atoms with Gasteiger partial charge in [-0.15, -0.1) is 0 Å². The lowest BCUT2D eigenvalue weighted by Crippen LogP contribution is -2.53. The van der Waals surface area contributed by atoms with Gasteiger partial charge in [-0.05, 0) is 81.0 Å². The number of halogens is 1. The molecular formula is C30H38FN3O6. The number of carboxylic acid groups (broad SMARTS) is 1. The highest BCUT2D eigenvalue weighted by Crippen LogP contribution is 2.31. The molecule has 0 spiro atoms. The minimum atomic E-state index is -0.872. The minimum absolute atomic E-state index is 0.0527. The highest BCUT2D eigenvalue weighted by molar-refractivity contribution is 5.94. The number of aryl methyl sites for hydroxylation is 1. The molecule has 1 aliphatic carbocycles. The predicted molar refractivity (Wildman–Crippen MR) is 148 cm³/mol. The Morgan fingerprint density at radius 1 is 1.07 bits per heavy atom. The van der Waals surface area contributed by atoms with Crippen LogP contribution in [0.4, 0.5) is 14.9 Å². The van der Waals surface area contributed by atoms with Crippen LogP contribution < -0.4 is 9.64 Å². The third-order valence-electron chi connectivity index (χ3n) is 8.06. The number of rotatable bonds is 7. The average Bonchev–Trinajstić information content (AvgIpc) is 2.94. The van der Waals surface area contributed by atoms with E-state index >= 15 is 0 Å². The van der Waals surface area contributed by atoms with E-state index in [0.717, 1.165) is 23.4 Å². The number of carbonyl (C=O) groups is 3. The summed E-state index contributed by atoms with van der Waals surface area (Å²) in [4.78, 5) is 41.9. The smallest absolute Gasteiger partial charge is 0.407 e. The van der Waals surface area contributed by atoms with E-state index in [4.69, 9.17) is 4.74 Å². The molecule has 1 aliphatic heterocycles. The van der Waals surface area contributed by atoms with Crippen molar-refractivity contribution in [2.75, 3.05) is 38.7 Å². The maximum atomic E-state index is 13.9. The van der Waals surface area contributed by atoms with Crippen molar-refractivity contribution < 1.29 is 33.4 Å². The Morgan fingerprint density at radius 3 is 2.42 bits per heavy atom. The molecule has 4 rings (SSSR count). The number of hydrogen-bond acceptors (Lipinski definition) is 6. The normalized spacial score (nSPS) is 21.5. The van der Waals surface area contributed by atoms with Crippen LogP contribution in [0.5, 0.6) is 5.75 Å². The van der Waals surface area contributed by atoms with Crippen molar-refractivity contribution in [3.8, 4) is 5.75 Å². The largest absolute Gasteiger partial charge is 0.490 e. The molecule has 2 aromatic carbocycles. The van der Waals surface area contributed by atoms with Gasteiger partial charge in [-0.1, -0.05) is 6.07 Å². The van der Waals surface area contributed by atoms with Gasteiger partial charge < -0.3 is 24.4 Å². The third-order valence-corrected chi connectivity index (χ3v) is 8.06. The monoisotopic (exact) mass is 555 g/mol. The Kier molecular flexibility index (Phi) is 9.29. The molecule has 9 nitrogen and oxygen atoms in total. The van der Waals surface area contributed by atoms with Crippen molar-refractivity contribution >= 4 is 23.7 Å². The van der Waals surface area contributed by atoms with E-state index in [1.54, 1.807) is 11.9 Å². The molecule has 0 radical (unpaired) electrons. The van der Waals surface area contributed by atoms with Crippen molar-refractivity contribution in [2.24, 2.45) is 5.92 Å². The lowest BCUT2D eigenvalue weighted by Gasteiger charge is -2.38. The summed E-state index contributed by atoms with van der Waals surface area (Å²) in [6, 6.07) is 10.1. The first-order valence-corrected chi connectivity index (χ1v) is 13.7. The van der Waals surface area contributed by atoms with Gasteiger partial charge in [0.15, 0.2) is 0 Å². The van der Waals surface area contributed by atoms with Gasteiger partial charge in [0.05, 0.1) is 18.8 Å². The molecule has 2 aliphatic rings. The highest BCUT2D eigenvalue weighted by atomic mass is 19.1. The zero-order chi connectivity index (χ0) is 29.0. The number of esters is 1. The van der Waals surface area contributed by atoms with Crippen molar-refractivity contribution in [3.05, 3.63) is 58.9 Å². The Labute approximate surface area is 234 Å². The molecule has 2 amide bonds. The number of carbonyl (C=O) groups excluding carboxylic acids is 2. The standard InChI is InChI=1S/C30H38FN3O6/c1-19-15-23(8-5-22(19)18-33-13-14-34(30(37)38)20(2)17-33)32(3)28(35)21-6-9-24(10-7-21)40-25-11-12-27(31)26(16-25)29(36)39-4/h5,8,11-12,15-16,20-21,24H,6-7,9-10,13-14,17-18H2,1-4H3,(H,37,38)/t20-,21-,24-/m0/s1. The maximum Gasteiger partial charge on any atom is 0.407 e. The molecule has 0 bridgehead atoms. The van der Waals surface area contributed by atoms with Crippen molar-refractivity contribution in [1.82, 2.24) is 9.80 Å². The number of methoxy groups -OCH3 is 1. The van der Waals surface area contributed by atoms with E-state index in [9.17, 15) is 23.9 Å². The molecule has 1 atom stereocenters. The molecule has 10 heteroatoms. The van der Waals surface area contributed by atoms with Crippen LogP contribution in [-0.4, -0.2) is 78.8 Å². The van der Waals surface area contributed by atoms with Crippen LogP contribution in [0.15, 0.2) is 36.4 Å². The van der Waals surface area contributed by atoms with Gasteiger partial charge in [0.25, 0.3) is 0 Å². The van der Waals surface area contributed by atoms with Gasteiger partial charge in [0.1, 0.15) is 11.6 Å². The summed E-state index contributed by atoms with van der Waals surface area (Å²) >= 11 is 0. The average molecular weight is 556 g/mol. The molecule has 1 saturated heterocycles. The number of anilines is 1. The zero-order valence-electron chi connectivity index (χ0n) is 23.6. The van der Waals surface area contributed by atoms with Crippen LogP contribution in [0.3, 0.4) is 0 Å². The summed E-state index contributed by atoms with van der Waals surface area (Å²) in [5.41, 5.74) is 2.93. The van der Waals surface area contributed by atoms with Gasteiger partial charge in [-0.3, -0.25) is 9.69 Å². The van der Waals surface area contributed by atoms with Gasteiger partial charge in [0.2, 0.25) is 5.91 Å². The number of hydrogen-bond donors (Lipinski definition) is 1. The molecule has 2 fully saturated rings. The summed E-state index contributed by atoms with van der Waals surface area (Å²) in [5.74, 6) is -1.05. The van der Waals surface area contributed by atoms with Gasteiger partial charge >= 0.3 is 12.1 Å². The third kappa shape index (κ3) is 6.72. The highest BCUT2D eigenvalue weighted by Gasteiger charge is 2.31. The van der Waals surface area contributed by atoms with Gasteiger partial charge in [-0.25, -0.2) is 14.0 Å². The fourth-order valence-electron chi connectivity index (χ4n) is 5.63. The van der Waals surface area contributed by atoms with Crippen molar-refractivity contribution in [3.63, 3.8) is 0 Å². The second-order valence-electron chi connectivity index (χ2n) is 10.8.